The van der Waals surface area contributed by atoms with Crippen LogP contribution in [0.3, 0.4) is 0 Å². The highest BCUT2D eigenvalue weighted by Gasteiger charge is 2.25. The van der Waals surface area contributed by atoms with Crippen LogP contribution in [0.5, 0.6) is 11.5 Å². The average molecular weight is 358 g/mol. The molecule has 2 amide bonds. The minimum Gasteiger partial charge on any atom is -0.497 e. The molecule has 2 aromatic carbocycles. The second-order valence-corrected chi connectivity index (χ2v) is 5.84. The van der Waals surface area contributed by atoms with Crippen LogP contribution in [0, 0.1) is 0 Å². The van der Waals surface area contributed by atoms with Gasteiger partial charge in [0.15, 0.2) is 0 Å². The van der Waals surface area contributed by atoms with Crippen LogP contribution in [0.2, 0.25) is 0 Å². The lowest BCUT2D eigenvalue weighted by molar-refractivity contribution is -0.136. The van der Waals surface area contributed by atoms with Crippen molar-refractivity contribution in [2.24, 2.45) is 0 Å². The third-order valence-corrected chi connectivity index (χ3v) is 3.85. The van der Waals surface area contributed by atoms with Crippen molar-refractivity contribution in [2.75, 3.05) is 26.1 Å². The number of rotatable bonds is 6. The molecule has 26 heavy (non-hydrogen) atoms. The molecule has 0 aliphatic heterocycles. The molecule has 0 saturated carbocycles. The molecule has 0 saturated heterocycles. The Morgan fingerprint density at radius 2 is 1.73 bits per heavy atom. The van der Waals surface area contributed by atoms with Gasteiger partial charge in [0.05, 0.1) is 26.5 Å². The van der Waals surface area contributed by atoms with Gasteiger partial charge in [0, 0.05) is 6.07 Å². The van der Waals surface area contributed by atoms with Crippen molar-refractivity contribution in [3.8, 4) is 11.5 Å². The second kappa shape index (κ2) is 8.35. The molecular weight excluding hydrogens is 336 g/mol. The molecule has 0 heterocycles. The van der Waals surface area contributed by atoms with E-state index >= 15 is 0 Å². The Morgan fingerprint density at radius 3 is 2.35 bits per heavy atom. The monoisotopic (exact) mass is 358 g/mol. The van der Waals surface area contributed by atoms with Gasteiger partial charge in [-0.15, -0.1) is 0 Å². The molecule has 0 bridgehead atoms. The van der Waals surface area contributed by atoms with Crippen LogP contribution in [-0.2, 0) is 15.2 Å². The summed E-state index contributed by atoms with van der Waals surface area (Å²) in [7, 11) is 2.96. The van der Waals surface area contributed by atoms with Gasteiger partial charge in [-0.2, -0.15) is 0 Å². The number of aliphatic hydroxyl groups is 1. The summed E-state index contributed by atoms with van der Waals surface area (Å²) in [5.74, 6) is -0.804. The number of carbonyl (C=O) groups excluding carboxylic acids is 2. The van der Waals surface area contributed by atoms with Crippen LogP contribution in [0.15, 0.2) is 48.5 Å². The van der Waals surface area contributed by atoms with E-state index in [1.54, 1.807) is 49.4 Å². The first kappa shape index (κ1) is 19.3. The summed E-state index contributed by atoms with van der Waals surface area (Å²) in [6.07, 6.45) is 0. The van der Waals surface area contributed by atoms with Crippen molar-refractivity contribution in [3.63, 3.8) is 0 Å². The van der Waals surface area contributed by atoms with Crippen molar-refractivity contribution in [3.05, 3.63) is 54.1 Å². The zero-order valence-corrected chi connectivity index (χ0v) is 14.9. The van der Waals surface area contributed by atoms with E-state index in [0.29, 0.717) is 22.7 Å². The molecule has 2 aromatic rings. The van der Waals surface area contributed by atoms with Crippen LogP contribution in [0.4, 0.5) is 5.69 Å². The van der Waals surface area contributed by atoms with Gasteiger partial charge in [-0.05, 0) is 24.6 Å². The second-order valence-electron chi connectivity index (χ2n) is 5.84. The lowest BCUT2D eigenvalue weighted by Crippen LogP contribution is -2.43. The maximum absolute atomic E-state index is 12.1. The first-order valence-electron chi connectivity index (χ1n) is 7.96. The zero-order chi connectivity index (χ0) is 19.2. The first-order chi connectivity index (χ1) is 12.4. The molecule has 138 valence electrons. The molecule has 1 atom stereocenters. The molecule has 0 radical (unpaired) electrons. The first-order valence-corrected chi connectivity index (χ1v) is 7.96. The highest BCUT2D eigenvalue weighted by atomic mass is 16.5. The van der Waals surface area contributed by atoms with Crippen LogP contribution in [0.1, 0.15) is 12.5 Å². The lowest BCUT2D eigenvalue weighted by Gasteiger charge is -2.24. The Morgan fingerprint density at radius 1 is 1.04 bits per heavy atom. The highest BCUT2D eigenvalue weighted by Crippen LogP contribution is 2.28. The van der Waals surface area contributed by atoms with E-state index in [1.165, 1.54) is 14.2 Å². The number of hydrogen-bond donors (Lipinski definition) is 3. The Bertz CT molecular complexity index is 775. The van der Waals surface area contributed by atoms with Crippen molar-refractivity contribution < 1.29 is 24.2 Å². The predicted molar refractivity (Wildman–Crippen MR) is 97.2 cm³/mol. The van der Waals surface area contributed by atoms with E-state index in [0.717, 1.165) is 0 Å². The van der Waals surface area contributed by atoms with Gasteiger partial charge in [-0.25, -0.2) is 0 Å². The average Bonchev–Trinajstić information content (AvgIpc) is 2.67. The summed E-state index contributed by atoms with van der Waals surface area (Å²) in [6.45, 7) is 1.45. The van der Waals surface area contributed by atoms with Crippen LogP contribution in [-0.4, -0.2) is 37.7 Å². The van der Waals surface area contributed by atoms with Gasteiger partial charge in [0.1, 0.15) is 17.1 Å². The Balaban J connectivity index is 1.99. The van der Waals surface area contributed by atoms with Gasteiger partial charge in [-0.3, -0.25) is 9.59 Å². The molecule has 7 nitrogen and oxygen atoms in total. The summed E-state index contributed by atoms with van der Waals surface area (Å²) in [5.41, 5.74) is -0.324. The van der Waals surface area contributed by atoms with Crippen molar-refractivity contribution in [1.29, 1.82) is 0 Å². The largest absolute Gasteiger partial charge is 0.497 e. The molecule has 0 spiro atoms. The fourth-order valence-electron chi connectivity index (χ4n) is 2.31. The Hall–Kier alpha value is -3.06. The third-order valence-electron chi connectivity index (χ3n) is 3.85. The molecule has 7 heteroatoms. The maximum atomic E-state index is 12.1. The van der Waals surface area contributed by atoms with Crippen LogP contribution in [0.25, 0.3) is 0 Å². The molecule has 0 aliphatic carbocycles. The number of ether oxygens (including phenoxy) is 2. The van der Waals surface area contributed by atoms with E-state index in [1.807, 2.05) is 6.07 Å². The predicted octanol–water partition coefficient (Wildman–Crippen LogP) is 1.67. The summed E-state index contributed by atoms with van der Waals surface area (Å²) in [5, 5.41) is 15.4. The molecular formula is C19H22N2O5. The molecule has 0 fully saturated rings. The number of benzene rings is 2. The van der Waals surface area contributed by atoms with Crippen molar-refractivity contribution in [1.82, 2.24) is 5.32 Å². The number of nitrogens with one attached hydrogen (secondary N) is 2. The van der Waals surface area contributed by atoms with Crippen LogP contribution >= 0.6 is 0 Å². The fraction of sp³-hybridized carbons (Fsp3) is 0.263. The smallest absolute Gasteiger partial charge is 0.313 e. The van der Waals surface area contributed by atoms with Crippen LogP contribution < -0.4 is 20.1 Å². The SMILES string of the molecule is COc1ccc(NC(=O)C(=O)NCC(C)(O)c2ccccc2)c(OC)c1. The van der Waals surface area contributed by atoms with E-state index in [9.17, 15) is 14.7 Å². The number of anilines is 1. The minimum atomic E-state index is -1.30. The molecule has 3 N–H and O–H groups in total. The zero-order valence-electron chi connectivity index (χ0n) is 14.9. The molecule has 0 aliphatic rings. The van der Waals surface area contributed by atoms with E-state index in [2.05, 4.69) is 10.6 Å². The van der Waals surface area contributed by atoms with E-state index < -0.39 is 17.4 Å². The van der Waals surface area contributed by atoms with Crippen molar-refractivity contribution in [2.45, 2.75) is 12.5 Å². The summed E-state index contributed by atoms with van der Waals surface area (Å²) < 4.78 is 10.3. The van der Waals surface area contributed by atoms with E-state index in [4.69, 9.17) is 9.47 Å². The molecule has 1 unspecified atom stereocenters. The van der Waals surface area contributed by atoms with Gasteiger partial charge < -0.3 is 25.2 Å². The summed E-state index contributed by atoms with van der Waals surface area (Å²) >= 11 is 0. The number of carbonyl (C=O) groups is 2. The number of methoxy groups -OCH3 is 2. The standard InChI is InChI=1S/C19H22N2O5/c1-19(24,13-7-5-4-6-8-13)12-20-17(22)18(23)21-15-10-9-14(25-2)11-16(15)26-3/h4-11,24H,12H2,1-3H3,(H,20,22)(H,21,23). The van der Waals surface area contributed by atoms with E-state index in [-0.39, 0.29) is 6.54 Å². The summed E-state index contributed by atoms with van der Waals surface area (Å²) in [6, 6.07) is 13.7. The Labute approximate surface area is 151 Å². The fourth-order valence-corrected chi connectivity index (χ4v) is 2.31. The quantitative estimate of drug-likeness (QED) is 0.683. The molecule has 2 rings (SSSR count). The molecule has 0 aromatic heterocycles. The topological polar surface area (TPSA) is 96.9 Å². The van der Waals surface area contributed by atoms with Gasteiger partial charge in [-0.1, -0.05) is 30.3 Å². The van der Waals surface area contributed by atoms with Gasteiger partial charge >= 0.3 is 11.8 Å². The van der Waals surface area contributed by atoms with Gasteiger partial charge in [0.25, 0.3) is 0 Å². The maximum Gasteiger partial charge on any atom is 0.313 e. The van der Waals surface area contributed by atoms with Gasteiger partial charge in [0.2, 0.25) is 0 Å². The van der Waals surface area contributed by atoms with Crippen molar-refractivity contribution >= 4 is 17.5 Å². The lowest BCUT2D eigenvalue weighted by atomic mass is 9.96. The summed E-state index contributed by atoms with van der Waals surface area (Å²) in [4.78, 5) is 24.1. The minimum absolute atomic E-state index is 0.108. The highest BCUT2D eigenvalue weighted by molar-refractivity contribution is 6.39. The third kappa shape index (κ3) is 4.73. The number of hydrogen-bond acceptors (Lipinski definition) is 5. The normalized spacial score (nSPS) is 12.6. The number of amides is 2. The Kier molecular flexibility index (Phi) is 6.19.